The summed E-state index contributed by atoms with van der Waals surface area (Å²) in [5, 5.41) is 15.8. The molecule has 1 aliphatic rings. The highest BCUT2D eigenvalue weighted by Gasteiger charge is 2.18. The van der Waals surface area contributed by atoms with Gasteiger partial charge >= 0.3 is 0 Å². The van der Waals surface area contributed by atoms with Crippen molar-refractivity contribution in [1.29, 1.82) is 0 Å². The molecule has 2 aromatic rings. The van der Waals surface area contributed by atoms with Gasteiger partial charge in [0.05, 0.1) is 11.3 Å². The van der Waals surface area contributed by atoms with E-state index in [1.54, 1.807) is 0 Å². The van der Waals surface area contributed by atoms with Crippen LogP contribution >= 0.6 is 11.3 Å². The predicted octanol–water partition coefficient (Wildman–Crippen LogP) is 3.49. The number of amides is 2. The second-order valence-electron chi connectivity index (χ2n) is 5.83. The van der Waals surface area contributed by atoms with Gasteiger partial charge in [0.2, 0.25) is 5.91 Å². The third-order valence-electron chi connectivity index (χ3n) is 4.01. The minimum absolute atomic E-state index is 0.0762. The van der Waals surface area contributed by atoms with Gasteiger partial charge < -0.3 is 10.4 Å². The lowest BCUT2D eigenvalue weighted by Gasteiger charge is -2.08. The normalized spacial score (nSPS) is 13.4. The average Bonchev–Trinajstić information content (AvgIpc) is 2.84. The minimum Gasteiger partial charge on any atom is -0.507 e. The summed E-state index contributed by atoms with van der Waals surface area (Å²) >= 11 is 1.49. The lowest BCUT2D eigenvalue weighted by Crippen LogP contribution is -2.13. The van der Waals surface area contributed by atoms with Crippen LogP contribution in [0, 0.1) is 0 Å². The van der Waals surface area contributed by atoms with Gasteiger partial charge in [0.25, 0.3) is 5.91 Å². The number of aromatic hydroxyl groups is 1. The van der Waals surface area contributed by atoms with E-state index in [0.29, 0.717) is 10.8 Å². The van der Waals surface area contributed by atoms with Gasteiger partial charge in [-0.05, 0) is 50.0 Å². The smallest absolute Gasteiger partial charge is 0.261 e. The van der Waals surface area contributed by atoms with Crippen LogP contribution in [0.4, 0.5) is 10.8 Å². The van der Waals surface area contributed by atoms with Crippen molar-refractivity contribution in [2.45, 2.75) is 32.1 Å². The number of fused-ring (bicyclic) bond motifs is 1. The summed E-state index contributed by atoms with van der Waals surface area (Å²) in [6, 6.07) is 4.30. The van der Waals surface area contributed by atoms with Crippen LogP contribution in [0.25, 0.3) is 0 Å². The maximum Gasteiger partial charge on any atom is 0.261 e. The highest BCUT2D eigenvalue weighted by Crippen LogP contribution is 2.30. The Labute approximate surface area is 149 Å². The summed E-state index contributed by atoms with van der Waals surface area (Å²) in [5.41, 5.74) is 1.55. The fourth-order valence-corrected chi connectivity index (χ4v) is 3.78. The number of phenols is 1. The predicted molar refractivity (Wildman–Crippen MR) is 98.3 cm³/mol. The summed E-state index contributed by atoms with van der Waals surface area (Å²) in [6.45, 7) is 3.38. The van der Waals surface area contributed by atoms with E-state index in [1.165, 1.54) is 40.8 Å². The Morgan fingerprint density at radius 2 is 2.00 bits per heavy atom. The van der Waals surface area contributed by atoms with Crippen LogP contribution in [0.1, 0.15) is 40.2 Å². The summed E-state index contributed by atoms with van der Waals surface area (Å²) in [4.78, 5) is 29.6. The van der Waals surface area contributed by atoms with Gasteiger partial charge in [-0.2, -0.15) is 0 Å². The summed E-state index contributed by atoms with van der Waals surface area (Å²) in [7, 11) is 0. The van der Waals surface area contributed by atoms with Gasteiger partial charge in [0.15, 0.2) is 5.13 Å². The zero-order valence-corrected chi connectivity index (χ0v) is 14.5. The van der Waals surface area contributed by atoms with Gasteiger partial charge in [-0.3, -0.25) is 14.9 Å². The molecule has 7 heteroatoms. The summed E-state index contributed by atoms with van der Waals surface area (Å²) < 4.78 is 0. The monoisotopic (exact) mass is 357 g/mol. The molecule has 0 spiro atoms. The maximum absolute atomic E-state index is 12.5. The molecule has 0 bridgehead atoms. The number of phenolic OH excluding ortho intramolecular Hbond substituents is 1. The average molecular weight is 357 g/mol. The van der Waals surface area contributed by atoms with Crippen molar-refractivity contribution in [1.82, 2.24) is 4.98 Å². The Morgan fingerprint density at radius 1 is 1.20 bits per heavy atom. The lowest BCUT2D eigenvalue weighted by molar-refractivity contribution is -0.111. The molecule has 0 saturated heterocycles. The number of benzene rings is 1. The first kappa shape index (κ1) is 17.2. The molecule has 1 aromatic heterocycles. The van der Waals surface area contributed by atoms with Crippen molar-refractivity contribution < 1.29 is 14.7 Å². The Hall–Kier alpha value is -2.67. The number of carbonyl (C=O) groups excluding carboxylic acids is 2. The SMILES string of the molecule is C=CC(=O)Nc1ccc(O)c(C(=O)Nc2nc3c(s2)CCCCC3)c1. The van der Waals surface area contributed by atoms with E-state index >= 15 is 0 Å². The number of nitrogens with zero attached hydrogens (tertiary/aromatic N) is 1. The zero-order valence-electron chi connectivity index (χ0n) is 13.7. The number of anilines is 2. The van der Waals surface area contributed by atoms with Crippen molar-refractivity contribution in [3.8, 4) is 5.75 Å². The van der Waals surface area contributed by atoms with Crippen molar-refractivity contribution in [3.05, 3.63) is 47.0 Å². The molecular weight excluding hydrogens is 338 g/mol. The van der Waals surface area contributed by atoms with Crippen molar-refractivity contribution >= 4 is 34.0 Å². The van der Waals surface area contributed by atoms with E-state index < -0.39 is 5.91 Å². The Bertz CT molecular complexity index is 805. The second-order valence-corrected chi connectivity index (χ2v) is 6.91. The fourth-order valence-electron chi connectivity index (χ4n) is 2.74. The van der Waals surface area contributed by atoms with Crippen LogP contribution in [0.15, 0.2) is 30.9 Å². The standard InChI is InChI=1S/C18H19N3O3S/c1-2-16(23)19-11-8-9-14(22)12(10-11)17(24)21-18-20-13-6-4-3-5-7-15(13)25-18/h2,8-10,22H,1,3-7H2,(H,19,23)(H,20,21,24). The van der Waals surface area contributed by atoms with Gasteiger partial charge in [-0.25, -0.2) is 4.98 Å². The maximum atomic E-state index is 12.5. The quantitative estimate of drug-likeness (QED) is 0.444. The van der Waals surface area contributed by atoms with E-state index in [-0.39, 0.29) is 17.2 Å². The molecule has 3 N–H and O–H groups in total. The minimum atomic E-state index is -0.462. The van der Waals surface area contributed by atoms with Crippen LogP contribution in [0.3, 0.4) is 0 Å². The molecule has 1 aliphatic carbocycles. The molecule has 0 saturated carbocycles. The highest BCUT2D eigenvalue weighted by atomic mass is 32.1. The molecule has 2 amide bonds. The first-order valence-electron chi connectivity index (χ1n) is 8.13. The molecule has 0 atom stereocenters. The molecule has 1 aromatic carbocycles. The van der Waals surface area contributed by atoms with Crippen LogP contribution in [0.2, 0.25) is 0 Å². The number of thiazole rings is 1. The van der Waals surface area contributed by atoms with Crippen molar-refractivity contribution in [2.24, 2.45) is 0 Å². The molecular formula is C18H19N3O3S. The Kier molecular flexibility index (Phi) is 5.14. The number of hydrogen-bond acceptors (Lipinski definition) is 5. The van der Waals surface area contributed by atoms with Crippen molar-refractivity contribution in [2.75, 3.05) is 10.6 Å². The van der Waals surface area contributed by atoms with Crippen LogP contribution in [-0.2, 0) is 17.6 Å². The van der Waals surface area contributed by atoms with E-state index in [2.05, 4.69) is 22.2 Å². The van der Waals surface area contributed by atoms with Crippen molar-refractivity contribution in [3.63, 3.8) is 0 Å². The lowest BCUT2D eigenvalue weighted by atomic mass is 10.1. The van der Waals surface area contributed by atoms with Crippen LogP contribution in [0.5, 0.6) is 5.75 Å². The topological polar surface area (TPSA) is 91.3 Å². The Morgan fingerprint density at radius 3 is 2.80 bits per heavy atom. The molecule has 130 valence electrons. The van der Waals surface area contributed by atoms with E-state index in [1.807, 2.05) is 0 Å². The Balaban J connectivity index is 1.77. The molecule has 0 fully saturated rings. The molecule has 25 heavy (non-hydrogen) atoms. The number of aryl methyl sites for hydroxylation is 2. The van der Waals surface area contributed by atoms with E-state index in [0.717, 1.165) is 37.5 Å². The fraction of sp³-hybridized carbons (Fsp3) is 0.278. The number of rotatable bonds is 4. The number of hydrogen-bond donors (Lipinski definition) is 3. The molecule has 0 aliphatic heterocycles. The van der Waals surface area contributed by atoms with E-state index in [4.69, 9.17) is 0 Å². The summed E-state index contributed by atoms with van der Waals surface area (Å²) in [5.74, 6) is -1.01. The number of nitrogens with one attached hydrogen (secondary N) is 2. The molecule has 1 heterocycles. The third kappa shape index (κ3) is 4.06. The molecule has 0 radical (unpaired) electrons. The van der Waals surface area contributed by atoms with Gasteiger partial charge in [0.1, 0.15) is 5.75 Å². The largest absolute Gasteiger partial charge is 0.507 e. The van der Waals surface area contributed by atoms with E-state index in [9.17, 15) is 14.7 Å². The molecule has 3 rings (SSSR count). The summed E-state index contributed by atoms with van der Waals surface area (Å²) in [6.07, 6.45) is 6.55. The van der Waals surface area contributed by atoms with Gasteiger partial charge in [0, 0.05) is 10.6 Å². The van der Waals surface area contributed by atoms with Crippen LogP contribution in [-0.4, -0.2) is 21.9 Å². The number of carbonyl (C=O) groups is 2. The highest BCUT2D eigenvalue weighted by molar-refractivity contribution is 7.15. The zero-order chi connectivity index (χ0) is 17.8. The molecule has 6 nitrogen and oxygen atoms in total. The van der Waals surface area contributed by atoms with Gasteiger partial charge in [-0.1, -0.05) is 13.0 Å². The second kappa shape index (κ2) is 7.48. The third-order valence-corrected chi connectivity index (χ3v) is 5.08. The first-order chi connectivity index (χ1) is 12.1. The van der Waals surface area contributed by atoms with Gasteiger partial charge in [-0.15, -0.1) is 11.3 Å². The molecule has 0 unspecified atom stereocenters. The van der Waals surface area contributed by atoms with Crippen LogP contribution < -0.4 is 10.6 Å². The first-order valence-corrected chi connectivity index (χ1v) is 8.95. The number of aromatic nitrogens is 1.